The van der Waals surface area contributed by atoms with Crippen molar-refractivity contribution in [2.24, 2.45) is 0 Å². The Hall–Kier alpha value is -0.710. The first kappa shape index (κ1) is 12.3. The molecule has 0 heterocycles. The summed E-state index contributed by atoms with van der Waals surface area (Å²) in [7, 11) is -10.0. The summed E-state index contributed by atoms with van der Waals surface area (Å²) in [5, 5.41) is 15.7. The van der Waals surface area contributed by atoms with Crippen molar-refractivity contribution in [2.45, 2.75) is 0 Å². The predicted octanol–water partition coefficient (Wildman–Crippen LogP) is -0.329. The minimum Gasteiger partial charge on any atom is -0.449 e. The van der Waals surface area contributed by atoms with Crippen LogP contribution in [0.5, 0.6) is 0 Å². The monoisotopic (exact) mass is 237 g/mol. The van der Waals surface area contributed by atoms with Crippen LogP contribution in [0.1, 0.15) is 0 Å². The van der Waals surface area contributed by atoms with Crippen molar-refractivity contribution in [3.63, 3.8) is 0 Å². The largest absolute Gasteiger partial charge is 0.513 e. The molecule has 0 saturated heterocycles. The van der Waals surface area contributed by atoms with E-state index in [1.165, 1.54) is 0 Å². The molecule has 0 saturated carbocycles. The number of rotatable bonds is 4. The third kappa shape index (κ3) is 5.52. The summed E-state index contributed by atoms with van der Waals surface area (Å²) >= 11 is 0. The minimum absolute atomic E-state index is 0.722. The molecule has 78 valence electrons. The van der Waals surface area contributed by atoms with E-state index < -0.39 is 24.2 Å². The second-order valence-corrected chi connectivity index (χ2v) is 4.52. The highest BCUT2D eigenvalue weighted by Gasteiger charge is 2.34. The summed E-state index contributed by atoms with van der Waals surface area (Å²) in [5.41, 5.74) is 0. The second-order valence-electron chi connectivity index (χ2n) is 1.50. The lowest BCUT2D eigenvalue weighted by Gasteiger charge is -2.09. The van der Waals surface area contributed by atoms with Gasteiger partial charge >= 0.3 is 24.2 Å². The lowest BCUT2D eigenvalue weighted by Crippen LogP contribution is -2.22. The molecule has 0 aliphatic rings. The molecule has 0 spiro atoms. The molecule has 0 aromatic carbocycles. The van der Waals surface area contributed by atoms with E-state index in [0.717, 1.165) is 4.49 Å². The van der Waals surface area contributed by atoms with Crippen LogP contribution >= 0.6 is 7.75 Å². The molecule has 0 rings (SSSR count). The molecule has 0 amide bonds. The Labute approximate surface area is 71.5 Å². The highest BCUT2D eigenvalue weighted by atomic mass is 32.2. The molecule has 0 aromatic rings. The van der Waals surface area contributed by atoms with Crippen molar-refractivity contribution in [2.75, 3.05) is 0 Å². The number of carbonyl (C=O) groups is 1. The van der Waals surface area contributed by atoms with Gasteiger partial charge in [-0.1, -0.05) is 4.49 Å². The fraction of sp³-hybridized carbons (Fsp3) is 0. The number of hydrogen-bond donors (Lipinski definition) is 4. The van der Waals surface area contributed by atoms with Crippen LogP contribution < -0.4 is 4.49 Å². The average molecular weight is 237 g/mol. The standard InChI is InChI=1S/CH4NO9PS/c3-1(4)10-12(6,11-5)2-13(7,8)9/h5H,(H,2,6)(H,3,4)(H,7,8,9). The highest BCUT2D eigenvalue weighted by Crippen LogP contribution is 2.43. The fourth-order valence-corrected chi connectivity index (χ4v) is 1.95. The van der Waals surface area contributed by atoms with Gasteiger partial charge in [0.25, 0.3) is 0 Å². The van der Waals surface area contributed by atoms with Gasteiger partial charge in [-0.15, -0.1) is 4.67 Å². The fourth-order valence-electron chi connectivity index (χ4n) is 0.296. The highest BCUT2D eigenvalue weighted by molar-refractivity contribution is 7.90. The van der Waals surface area contributed by atoms with Crippen molar-refractivity contribution < 1.29 is 41.9 Å². The maximum atomic E-state index is 10.7. The third-order valence-corrected chi connectivity index (χ3v) is 2.96. The van der Waals surface area contributed by atoms with Gasteiger partial charge in [0.2, 0.25) is 0 Å². The molecule has 0 radical (unpaired) electrons. The summed E-state index contributed by atoms with van der Waals surface area (Å²) < 4.78 is 45.7. The number of hydrogen-bond acceptors (Lipinski definition) is 7. The van der Waals surface area contributed by atoms with Crippen LogP contribution in [-0.2, 0) is 24.1 Å². The second kappa shape index (κ2) is 4.00. The average Bonchev–Trinajstić information content (AvgIpc) is 1.81. The molecule has 0 aliphatic heterocycles. The Morgan fingerprint density at radius 3 is 2.15 bits per heavy atom. The summed E-state index contributed by atoms with van der Waals surface area (Å²) in [5.74, 6) is 0. The van der Waals surface area contributed by atoms with Crippen molar-refractivity contribution in [1.29, 1.82) is 0 Å². The Morgan fingerprint density at radius 1 is 1.46 bits per heavy atom. The lowest BCUT2D eigenvalue weighted by molar-refractivity contribution is -0.147. The zero-order valence-electron chi connectivity index (χ0n) is 5.65. The lowest BCUT2D eigenvalue weighted by atomic mass is 11.5. The molecule has 0 bridgehead atoms. The van der Waals surface area contributed by atoms with Crippen LogP contribution in [0.2, 0.25) is 0 Å². The van der Waals surface area contributed by atoms with Gasteiger partial charge < -0.3 is 9.63 Å². The van der Waals surface area contributed by atoms with E-state index in [1.807, 2.05) is 0 Å². The quantitative estimate of drug-likeness (QED) is 0.222. The molecular weight excluding hydrogens is 233 g/mol. The van der Waals surface area contributed by atoms with E-state index in [0.29, 0.717) is 0 Å². The van der Waals surface area contributed by atoms with Crippen LogP contribution in [0, 0.1) is 0 Å². The molecule has 0 aliphatic carbocycles. The van der Waals surface area contributed by atoms with Crippen molar-refractivity contribution in [3.05, 3.63) is 0 Å². The molecular formula is CH4NO9PS. The SMILES string of the molecule is O=C(O)OP(=O)(NS(=O)(=O)O)OO. The van der Waals surface area contributed by atoms with Crippen LogP contribution in [0.3, 0.4) is 0 Å². The van der Waals surface area contributed by atoms with E-state index in [9.17, 15) is 17.8 Å². The normalized spacial score (nSPS) is 16.2. The van der Waals surface area contributed by atoms with Gasteiger partial charge in [-0.3, -0.25) is 4.55 Å². The summed E-state index contributed by atoms with van der Waals surface area (Å²) in [6.45, 7) is 0. The molecule has 4 N–H and O–H groups in total. The molecule has 12 heteroatoms. The number of nitrogens with one attached hydrogen (secondary N) is 1. The number of carboxylic acid groups (broad SMARTS) is 1. The molecule has 13 heavy (non-hydrogen) atoms. The molecule has 0 fully saturated rings. The van der Waals surface area contributed by atoms with Crippen LogP contribution in [0.15, 0.2) is 0 Å². The first-order valence-electron chi connectivity index (χ1n) is 2.31. The van der Waals surface area contributed by atoms with Gasteiger partial charge in [0.1, 0.15) is 0 Å². The van der Waals surface area contributed by atoms with E-state index in [4.69, 9.17) is 14.9 Å². The first-order chi connectivity index (χ1) is 5.68. The molecule has 1 atom stereocenters. The maximum absolute atomic E-state index is 10.7. The van der Waals surface area contributed by atoms with E-state index in [-0.39, 0.29) is 0 Å². The Bertz CT molecular complexity index is 330. The minimum atomic E-state index is -5.03. The Kier molecular flexibility index (Phi) is 3.78. The third-order valence-electron chi connectivity index (χ3n) is 0.533. The van der Waals surface area contributed by atoms with Crippen molar-refractivity contribution in [3.8, 4) is 0 Å². The summed E-state index contributed by atoms with van der Waals surface area (Å²) in [6, 6.07) is 0. The molecule has 1 unspecified atom stereocenters. The van der Waals surface area contributed by atoms with Gasteiger partial charge in [0, 0.05) is 0 Å². The van der Waals surface area contributed by atoms with Crippen molar-refractivity contribution >= 4 is 24.2 Å². The summed E-state index contributed by atoms with van der Waals surface area (Å²) in [4.78, 5) is 9.76. The zero-order chi connectivity index (χ0) is 10.7. The van der Waals surface area contributed by atoms with Crippen LogP contribution in [0.4, 0.5) is 4.79 Å². The van der Waals surface area contributed by atoms with Gasteiger partial charge in [-0.2, -0.15) is 8.42 Å². The van der Waals surface area contributed by atoms with E-state index in [2.05, 4.69) is 9.20 Å². The smallest absolute Gasteiger partial charge is 0.449 e. The maximum Gasteiger partial charge on any atom is 0.513 e. The van der Waals surface area contributed by atoms with Crippen LogP contribution in [0.25, 0.3) is 0 Å². The van der Waals surface area contributed by atoms with Crippen molar-refractivity contribution in [1.82, 2.24) is 4.49 Å². The first-order valence-corrected chi connectivity index (χ1v) is 5.29. The topological polar surface area (TPSA) is 159 Å². The molecule has 0 aromatic heterocycles. The molecule has 10 nitrogen and oxygen atoms in total. The Balaban J connectivity index is 4.67. The predicted molar refractivity (Wildman–Crippen MR) is 35.1 cm³/mol. The summed E-state index contributed by atoms with van der Waals surface area (Å²) in [6.07, 6.45) is -2.17. The van der Waals surface area contributed by atoms with E-state index >= 15 is 0 Å². The van der Waals surface area contributed by atoms with Gasteiger partial charge in [-0.05, 0) is 0 Å². The van der Waals surface area contributed by atoms with Crippen LogP contribution in [-0.4, -0.2) is 29.5 Å². The van der Waals surface area contributed by atoms with E-state index in [1.54, 1.807) is 0 Å². The van der Waals surface area contributed by atoms with Gasteiger partial charge in [-0.25, -0.2) is 14.6 Å². The van der Waals surface area contributed by atoms with Gasteiger partial charge in [0.05, 0.1) is 0 Å². The Morgan fingerprint density at radius 2 is 1.92 bits per heavy atom. The zero-order valence-corrected chi connectivity index (χ0v) is 7.36. The van der Waals surface area contributed by atoms with Gasteiger partial charge in [0.15, 0.2) is 0 Å².